The van der Waals surface area contributed by atoms with Crippen LogP contribution in [0.1, 0.15) is 51.2 Å². The molecule has 0 aliphatic rings. The van der Waals surface area contributed by atoms with Crippen LogP contribution in [0.4, 0.5) is 26.3 Å². The minimum Gasteiger partial charge on any atom is -0.489 e. The summed E-state index contributed by atoms with van der Waals surface area (Å²) in [5.41, 5.74) is 0.504. The Morgan fingerprint density at radius 2 is 1.26 bits per heavy atom. The molecule has 0 saturated heterocycles. The molecule has 0 heterocycles. The van der Waals surface area contributed by atoms with Gasteiger partial charge in [-0.2, -0.15) is 30.6 Å². The van der Waals surface area contributed by atoms with E-state index in [0.717, 1.165) is 28.6 Å². The number of hydrogen-bond acceptors (Lipinski definition) is 5. The van der Waals surface area contributed by atoms with Gasteiger partial charge in [-0.15, -0.1) is 0 Å². The normalized spacial score (nSPS) is 12.0. The highest BCUT2D eigenvalue weighted by molar-refractivity contribution is 7.89. The Kier molecular flexibility index (Phi) is 11.9. The minimum atomic E-state index is -4.55. The number of benzene rings is 4. The summed E-state index contributed by atoms with van der Waals surface area (Å²) < 4.78 is 117. The number of halogens is 6. The Balaban J connectivity index is 0.00000600. The number of carbonyl (C=O) groups is 1. The fourth-order valence-electron chi connectivity index (χ4n) is 4.49. The van der Waals surface area contributed by atoms with Crippen molar-refractivity contribution in [1.29, 1.82) is 0 Å². The van der Waals surface area contributed by atoms with Gasteiger partial charge in [0.05, 0.1) is 28.7 Å². The van der Waals surface area contributed by atoms with Gasteiger partial charge in [-0.3, -0.25) is 0 Å². The Morgan fingerprint density at radius 1 is 0.745 bits per heavy atom. The van der Waals surface area contributed by atoms with Crippen LogP contribution in [0.25, 0.3) is 0 Å². The van der Waals surface area contributed by atoms with Crippen molar-refractivity contribution < 1.29 is 49.0 Å². The fraction of sp³-hybridized carbons (Fsp3) is 0.265. The first-order valence-electron chi connectivity index (χ1n) is 13.8. The van der Waals surface area contributed by atoms with Gasteiger partial charge in [0.1, 0.15) is 12.4 Å². The van der Waals surface area contributed by atoms with Crippen LogP contribution in [-0.4, -0.2) is 32.3 Å². The first kappa shape index (κ1) is 37.1. The van der Waals surface area contributed by atoms with E-state index in [1.807, 2.05) is 0 Å². The maximum absolute atomic E-state index is 13.8. The van der Waals surface area contributed by atoms with E-state index in [-0.39, 0.29) is 44.0 Å². The van der Waals surface area contributed by atoms with Crippen molar-refractivity contribution in [3.8, 4) is 5.75 Å². The van der Waals surface area contributed by atoms with E-state index in [1.165, 1.54) is 49.6 Å². The zero-order valence-electron chi connectivity index (χ0n) is 24.7. The second kappa shape index (κ2) is 15.0. The summed E-state index contributed by atoms with van der Waals surface area (Å²) in [6.07, 6.45) is -8.77. The highest BCUT2D eigenvalue weighted by atomic mass is 32.2. The van der Waals surface area contributed by atoms with Crippen molar-refractivity contribution in [2.75, 3.05) is 13.7 Å². The summed E-state index contributed by atoms with van der Waals surface area (Å²) in [6.45, 7) is 1.35. The monoisotopic (exact) mass is 681 g/mol. The van der Waals surface area contributed by atoms with E-state index in [4.69, 9.17) is 9.47 Å². The van der Waals surface area contributed by atoms with Crippen molar-refractivity contribution in [1.82, 2.24) is 4.31 Å². The highest BCUT2D eigenvalue weighted by Gasteiger charge is 2.31. The average molecular weight is 682 g/mol. The summed E-state index contributed by atoms with van der Waals surface area (Å²) in [5.74, 6) is -0.280. The van der Waals surface area contributed by atoms with Crippen LogP contribution in [-0.2, 0) is 46.7 Å². The number of methoxy groups -OCH3 is 1. The second-order valence-corrected chi connectivity index (χ2v) is 12.3. The van der Waals surface area contributed by atoms with Crippen LogP contribution >= 0.6 is 0 Å². The van der Waals surface area contributed by atoms with E-state index in [1.54, 1.807) is 31.2 Å². The molecular weight excluding hydrogens is 648 g/mol. The number of sulfonamides is 1. The van der Waals surface area contributed by atoms with Crippen molar-refractivity contribution in [3.05, 3.63) is 130 Å². The summed E-state index contributed by atoms with van der Waals surface area (Å²) in [7, 11) is -3.07. The van der Waals surface area contributed by atoms with E-state index in [0.29, 0.717) is 28.0 Å². The number of aryl methyl sites for hydroxylation is 1. The van der Waals surface area contributed by atoms with Crippen LogP contribution in [0.2, 0.25) is 0 Å². The number of ether oxygens (including phenoxy) is 2. The van der Waals surface area contributed by atoms with Gasteiger partial charge in [0.25, 0.3) is 0 Å². The molecule has 0 fully saturated rings. The lowest BCUT2D eigenvalue weighted by atomic mass is 10.1. The zero-order valence-corrected chi connectivity index (χ0v) is 25.5. The number of alkyl halides is 6. The number of carbonyl (C=O) groups excluding carboxylic acids is 1. The molecule has 0 atom stereocenters. The van der Waals surface area contributed by atoms with Crippen LogP contribution in [0, 0.1) is 6.92 Å². The Bertz CT molecular complexity index is 1750. The molecule has 0 spiro atoms. The quantitative estimate of drug-likeness (QED) is 0.117. The van der Waals surface area contributed by atoms with E-state index in [2.05, 4.69) is 0 Å². The lowest BCUT2D eigenvalue weighted by Crippen LogP contribution is -2.33. The molecule has 0 aromatic heterocycles. The molecule has 0 N–H and O–H groups in total. The molecule has 0 radical (unpaired) electrons. The molecule has 0 aliphatic heterocycles. The molecule has 4 aromatic carbocycles. The van der Waals surface area contributed by atoms with Gasteiger partial charge in [-0.1, -0.05) is 49.9 Å². The van der Waals surface area contributed by atoms with Gasteiger partial charge in [0.15, 0.2) is 0 Å². The molecule has 0 amide bonds. The Hall–Kier alpha value is -4.36. The molecule has 4 aromatic rings. The molecule has 6 nitrogen and oxygen atoms in total. The first-order chi connectivity index (χ1) is 21.6. The third-order valence-electron chi connectivity index (χ3n) is 7.15. The van der Waals surface area contributed by atoms with Crippen molar-refractivity contribution in [3.63, 3.8) is 0 Å². The van der Waals surface area contributed by atoms with Crippen LogP contribution in [0.15, 0.2) is 95.9 Å². The molecule has 0 unspecified atom stereocenters. The predicted octanol–water partition coefficient (Wildman–Crippen LogP) is 8.47. The molecule has 0 aliphatic carbocycles. The standard InChI is InChI=1S/C33H29F6NO5S.CH4/c1-22-3-16-29(19-30(22)31(41)44-2)46(42,43)40(20-24-4-10-26(11-5-24)32(34,35)36)18-17-23-8-14-28(15-9-23)45-21-25-6-12-27(13-7-25)33(37,38)39;/h3-16,19H,17-18,20-21H2,1-2H3;1H4. The van der Waals surface area contributed by atoms with Gasteiger partial charge in [-0.05, 0) is 84.1 Å². The minimum absolute atomic E-state index is 0. The Labute approximate surface area is 269 Å². The lowest BCUT2D eigenvalue weighted by Gasteiger charge is -2.23. The summed E-state index contributed by atoms with van der Waals surface area (Å²) >= 11 is 0. The predicted molar refractivity (Wildman–Crippen MR) is 164 cm³/mol. The summed E-state index contributed by atoms with van der Waals surface area (Å²) in [4.78, 5) is 12.0. The third-order valence-corrected chi connectivity index (χ3v) is 8.99. The van der Waals surface area contributed by atoms with Crippen LogP contribution in [0.3, 0.4) is 0 Å². The Morgan fingerprint density at radius 3 is 1.77 bits per heavy atom. The van der Waals surface area contributed by atoms with E-state index < -0.39 is 39.5 Å². The van der Waals surface area contributed by atoms with Gasteiger partial charge in [-0.25, -0.2) is 13.2 Å². The highest BCUT2D eigenvalue weighted by Crippen LogP contribution is 2.31. The average Bonchev–Trinajstić information content (AvgIpc) is 3.01. The fourth-order valence-corrected chi connectivity index (χ4v) is 5.95. The SMILES string of the molecule is C.COC(=O)c1cc(S(=O)(=O)N(CCc2ccc(OCc3ccc(C(F)(F)F)cc3)cc2)Cc2ccc(C(F)(F)F)cc2)ccc1C. The first-order valence-corrected chi connectivity index (χ1v) is 15.2. The molecular formula is C34H33F6NO5S. The van der Waals surface area contributed by atoms with Gasteiger partial charge in [0.2, 0.25) is 10.0 Å². The lowest BCUT2D eigenvalue weighted by molar-refractivity contribution is -0.138. The maximum atomic E-state index is 13.8. The number of esters is 1. The molecule has 13 heteroatoms. The topological polar surface area (TPSA) is 72.9 Å². The number of nitrogens with zero attached hydrogens (tertiary/aromatic N) is 1. The maximum Gasteiger partial charge on any atom is 0.416 e. The number of hydrogen-bond donors (Lipinski definition) is 0. The van der Waals surface area contributed by atoms with Gasteiger partial charge in [0, 0.05) is 13.1 Å². The van der Waals surface area contributed by atoms with E-state index in [9.17, 15) is 39.6 Å². The van der Waals surface area contributed by atoms with Crippen molar-refractivity contribution in [2.24, 2.45) is 0 Å². The second-order valence-electron chi connectivity index (χ2n) is 10.4. The van der Waals surface area contributed by atoms with E-state index >= 15 is 0 Å². The molecule has 4 rings (SSSR count). The molecule has 47 heavy (non-hydrogen) atoms. The van der Waals surface area contributed by atoms with Crippen molar-refractivity contribution >= 4 is 16.0 Å². The van der Waals surface area contributed by atoms with Gasteiger partial charge < -0.3 is 9.47 Å². The molecule has 0 saturated carbocycles. The van der Waals surface area contributed by atoms with Gasteiger partial charge >= 0.3 is 18.3 Å². The number of rotatable bonds is 11. The van der Waals surface area contributed by atoms with Crippen LogP contribution < -0.4 is 4.74 Å². The summed E-state index contributed by atoms with van der Waals surface area (Å²) in [5, 5.41) is 0. The van der Waals surface area contributed by atoms with Crippen molar-refractivity contribution in [2.45, 2.75) is 51.2 Å². The molecule has 0 bridgehead atoms. The zero-order chi connectivity index (χ0) is 33.7. The summed E-state index contributed by atoms with van der Waals surface area (Å²) in [6, 6.07) is 19.5. The molecule has 252 valence electrons. The van der Waals surface area contributed by atoms with Crippen LogP contribution in [0.5, 0.6) is 5.75 Å². The third kappa shape index (κ3) is 9.58. The smallest absolute Gasteiger partial charge is 0.416 e. The largest absolute Gasteiger partial charge is 0.489 e.